The average Bonchev–Trinajstić information content (AvgIpc) is 2.93. The minimum Gasteiger partial charge on any atom is -0.457 e. The molecule has 8 bridgehead atoms. The molecule has 0 aliphatic carbocycles. The molecule has 0 N–H and O–H groups in total. The van der Waals surface area contributed by atoms with E-state index in [-0.39, 0.29) is 5.92 Å². The highest BCUT2D eigenvalue weighted by Crippen LogP contribution is 2.46. The Hall–Kier alpha value is -11.8. The van der Waals surface area contributed by atoms with E-state index in [1.165, 1.54) is 0 Å². The average molecular weight is 1140 g/mol. The molecule has 0 saturated heterocycles. The van der Waals surface area contributed by atoms with Gasteiger partial charge in [0.1, 0.15) is 46.0 Å². The summed E-state index contributed by atoms with van der Waals surface area (Å²) in [6.07, 6.45) is 7.30. The fourth-order valence-electron chi connectivity index (χ4n) is 11.1. The number of nitrogens with zero attached hydrogens (tertiary/aromatic N) is 3. The second kappa shape index (κ2) is 25.2. The molecule has 7 heteroatoms. The van der Waals surface area contributed by atoms with E-state index in [1.807, 2.05) is 158 Å². The van der Waals surface area contributed by atoms with Crippen LogP contribution in [0, 0.1) is 0 Å². The molecule has 1 unspecified atom stereocenters. The molecule has 4 heterocycles. The van der Waals surface area contributed by atoms with Gasteiger partial charge in [-0.2, -0.15) is 0 Å². The van der Waals surface area contributed by atoms with Crippen molar-refractivity contribution >= 4 is 75.5 Å². The van der Waals surface area contributed by atoms with E-state index in [2.05, 4.69) is 199 Å². The lowest BCUT2D eigenvalue weighted by Gasteiger charge is -2.31. The normalized spacial score (nSPS) is 12.5. The molecule has 12 aromatic carbocycles. The van der Waals surface area contributed by atoms with E-state index in [4.69, 9.17) is 18.9 Å². The Kier molecular flexibility index (Phi) is 15.9. The van der Waals surface area contributed by atoms with Crippen LogP contribution in [0.2, 0.25) is 0 Å². The van der Waals surface area contributed by atoms with Crippen molar-refractivity contribution in [3.63, 3.8) is 0 Å². The van der Waals surface area contributed by atoms with Crippen LogP contribution in [0.4, 0.5) is 51.2 Å². The molecule has 0 aromatic heterocycles. The molecule has 0 fully saturated rings. The van der Waals surface area contributed by atoms with Crippen LogP contribution in [-0.2, 0) is 0 Å². The summed E-state index contributed by atoms with van der Waals surface area (Å²) >= 11 is 0. The Morgan fingerprint density at radius 1 is 0.216 bits per heavy atom. The van der Waals surface area contributed by atoms with Gasteiger partial charge in [0.2, 0.25) is 0 Å². The summed E-state index contributed by atoms with van der Waals surface area (Å²) in [4.78, 5) is 6.89. The molecule has 88 heavy (non-hydrogen) atoms. The molecule has 16 rings (SSSR count). The van der Waals surface area contributed by atoms with Gasteiger partial charge in [-0.15, -0.1) is 0 Å². The van der Waals surface area contributed by atoms with Crippen LogP contribution in [-0.4, -0.2) is 0 Å². The van der Waals surface area contributed by atoms with Gasteiger partial charge in [0.15, 0.2) is 0 Å². The first-order valence-corrected chi connectivity index (χ1v) is 29.2. The maximum Gasteiger partial charge on any atom is 0.127 e. The van der Waals surface area contributed by atoms with Gasteiger partial charge in [0.05, 0.1) is 0 Å². The van der Waals surface area contributed by atoms with E-state index >= 15 is 0 Å². The van der Waals surface area contributed by atoms with Crippen molar-refractivity contribution in [2.24, 2.45) is 0 Å². The predicted octanol–water partition coefficient (Wildman–Crippen LogP) is 23.3. The third-order valence-corrected chi connectivity index (χ3v) is 15.6. The van der Waals surface area contributed by atoms with Gasteiger partial charge >= 0.3 is 0 Å². The fourth-order valence-corrected chi connectivity index (χ4v) is 11.1. The van der Waals surface area contributed by atoms with Crippen molar-refractivity contribution in [3.05, 3.63) is 356 Å². The van der Waals surface area contributed by atoms with Crippen LogP contribution in [0.3, 0.4) is 0 Å². The van der Waals surface area contributed by atoms with E-state index in [0.29, 0.717) is 0 Å². The SMILES string of the molecule is C=Cc1ccc(Oc2ccc(C3c4ccc(cc4)N(c4ccc(Oc5ccc(C=C)cc5)cc4)c4cccc(c4)N(c4ccc(Oc5ccc(C=C)cc5)cc4)c4ccc(cc4)N(c4ccc(Oc5ccc(C=C)cc5)cc4)c4cccc3c4)cc2)cc1. The summed E-state index contributed by atoms with van der Waals surface area (Å²) in [5.74, 6) is 5.70. The number of anilines is 9. The van der Waals surface area contributed by atoms with Crippen LogP contribution in [0.15, 0.2) is 318 Å². The van der Waals surface area contributed by atoms with Crippen molar-refractivity contribution < 1.29 is 18.9 Å². The van der Waals surface area contributed by atoms with Crippen LogP contribution >= 0.6 is 0 Å². The standard InChI is InChI=1S/C81H61N3O4/c1-5-57-15-39-73(40-16-57)85-77-47-25-62(26-48-77)81-61-23-27-64(28-24-61)83(68-35-51-79(52-36-68)87-75-43-19-59(7-3)20-44-75)71-13-10-14-72(56-71)84(69-37-53-80(54-38-69)88-76-45-21-60(8-4)22-46-76)66-31-29-65(30-32-66)82(70-12-9-11-63(81)55-70)67-33-49-78(50-34-67)86-74-41-17-58(6-2)18-42-74/h5-56,81H,1-4H2. The first kappa shape index (κ1) is 55.4. The summed E-state index contributed by atoms with van der Waals surface area (Å²) in [6, 6.07) is 100. The second-order valence-corrected chi connectivity index (χ2v) is 21.2. The number of hydrogen-bond donors (Lipinski definition) is 0. The molecule has 0 amide bonds. The van der Waals surface area contributed by atoms with E-state index in [9.17, 15) is 0 Å². The lowest BCUT2D eigenvalue weighted by molar-refractivity contribution is 0.482. The van der Waals surface area contributed by atoms with Crippen LogP contribution < -0.4 is 33.6 Å². The van der Waals surface area contributed by atoms with Gasteiger partial charge in [0.25, 0.3) is 0 Å². The largest absolute Gasteiger partial charge is 0.457 e. The highest BCUT2D eigenvalue weighted by Gasteiger charge is 2.24. The van der Waals surface area contributed by atoms with Gasteiger partial charge in [-0.25, -0.2) is 0 Å². The Morgan fingerprint density at radius 2 is 0.432 bits per heavy atom. The Morgan fingerprint density at radius 3 is 0.716 bits per heavy atom. The maximum atomic E-state index is 6.39. The summed E-state index contributed by atoms with van der Waals surface area (Å²) in [5.41, 5.74) is 16.1. The molecule has 4 aliphatic heterocycles. The molecule has 1 atom stereocenters. The second-order valence-electron chi connectivity index (χ2n) is 21.2. The quantitative estimate of drug-likeness (QED) is 0.0955. The number of benzene rings is 12. The van der Waals surface area contributed by atoms with Crippen LogP contribution in [0.25, 0.3) is 24.3 Å². The third kappa shape index (κ3) is 12.2. The van der Waals surface area contributed by atoms with Crippen LogP contribution in [0.1, 0.15) is 44.9 Å². The monoisotopic (exact) mass is 1140 g/mol. The Bertz CT molecular complexity index is 3830. The van der Waals surface area contributed by atoms with E-state index in [0.717, 1.165) is 136 Å². The Balaban J connectivity index is 0.944. The van der Waals surface area contributed by atoms with Gasteiger partial charge < -0.3 is 33.6 Å². The zero-order valence-corrected chi connectivity index (χ0v) is 48.4. The molecular formula is C81H61N3O4. The maximum absolute atomic E-state index is 6.39. The fraction of sp³-hybridized carbons (Fsp3) is 0.0123. The minimum absolute atomic E-state index is 0.182. The van der Waals surface area contributed by atoms with E-state index < -0.39 is 0 Å². The zero-order chi connectivity index (χ0) is 59.8. The number of hydrogen-bond acceptors (Lipinski definition) is 7. The van der Waals surface area contributed by atoms with Crippen molar-refractivity contribution in [2.45, 2.75) is 5.92 Å². The topological polar surface area (TPSA) is 46.6 Å². The molecule has 4 aliphatic rings. The molecule has 424 valence electrons. The molecule has 0 spiro atoms. The third-order valence-electron chi connectivity index (χ3n) is 15.6. The van der Waals surface area contributed by atoms with Crippen molar-refractivity contribution in [1.82, 2.24) is 0 Å². The zero-order valence-electron chi connectivity index (χ0n) is 48.4. The number of rotatable bonds is 16. The molecule has 12 aromatic rings. The highest BCUT2D eigenvalue weighted by molar-refractivity contribution is 5.85. The molecule has 0 radical (unpaired) electrons. The van der Waals surface area contributed by atoms with Crippen LogP contribution in [0.5, 0.6) is 46.0 Å². The summed E-state index contributed by atoms with van der Waals surface area (Å²) < 4.78 is 25.5. The smallest absolute Gasteiger partial charge is 0.127 e. The van der Waals surface area contributed by atoms with Crippen molar-refractivity contribution in [3.8, 4) is 46.0 Å². The minimum atomic E-state index is -0.182. The number of ether oxygens (including phenoxy) is 4. The Labute approximate surface area is 514 Å². The molecule has 0 saturated carbocycles. The van der Waals surface area contributed by atoms with Gasteiger partial charge in [-0.05, 0) is 239 Å². The predicted molar refractivity (Wildman–Crippen MR) is 364 cm³/mol. The summed E-state index contributed by atoms with van der Waals surface area (Å²) in [7, 11) is 0. The van der Waals surface area contributed by atoms with Crippen molar-refractivity contribution in [1.29, 1.82) is 0 Å². The van der Waals surface area contributed by atoms with Gasteiger partial charge in [-0.1, -0.05) is 142 Å². The first-order chi connectivity index (χ1) is 43.3. The summed E-state index contributed by atoms with van der Waals surface area (Å²) in [5, 5.41) is 0. The van der Waals surface area contributed by atoms with Crippen molar-refractivity contribution in [2.75, 3.05) is 14.7 Å². The molecule has 7 nitrogen and oxygen atoms in total. The van der Waals surface area contributed by atoms with Gasteiger partial charge in [-0.3, -0.25) is 0 Å². The highest BCUT2D eigenvalue weighted by atomic mass is 16.5. The lowest BCUT2D eigenvalue weighted by Crippen LogP contribution is -2.14. The molecular weight excluding hydrogens is 1080 g/mol. The van der Waals surface area contributed by atoms with Gasteiger partial charge in [0, 0.05) is 57.1 Å². The lowest BCUT2D eigenvalue weighted by atomic mass is 9.84. The first-order valence-electron chi connectivity index (χ1n) is 29.2. The van der Waals surface area contributed by atoms with E-state index in [1.54, 1.807) is 0 Å². The summed E-state index contributed by atoms with van der Waals surface area (Å²) in [6.45, 7) is 15.6.